The van der Waals surface area contributed by atoms with Crippen LogP contribution in [0.25, 0.3) is 5.69 Å². The molecule has 0 fully saturated rings. The number of rotatable bonds is 6. The third-order valence-electron chi connectivity index (χ3n) is 3.94. The van der Waals surface area contributed by atoms with Gasteiger partial charge in [-0.15, -0.1) is 0 Å². The molecule has 8 nitrogen and oxygen atoms in total. The second-order valence-electron chi connectivity index (χ2n) is 5.81. The topological polar surface area (TPSA) is 107 Å². The highest BCUT2D eigenvalue weighted by Crippen LogP contribution is 2.29. The van der Waals surface area contributed by atoms with Crippen molar-refractivity contribution in [2.24, 2.45) is 5.73 Å². The smallest absolute Gasteiger partial charge is 0.293 e. The summed E-state index contributed by atoms with van der Waals surface area (Å²) in [5.74, 6) is -0.702. The first-order chi connectivity index (χ1) is 12.5. The molecular weight excluding hydrogens is 334 g/mol. The van der Waals surface area contributed by atoms with Crippen LogP contribution in [-0.4, -0.2) is 27.7 Å². The van der Waals surface area contributed by atoms with Gasteiger partial charge in [0.25, 0.3) is 5.69 Å². The molecule has 0 saturated carbocycles. The second-order valence-corrected chi connectivity index (χ2v) is 5.81. The number of benzene rings is 2. The number of nitro benzene ring substituents is 1. The third-order valence-corrected chi connectivity index (χ3v) is 3.94. The number of amides is 1. The van der Waals surface area contributed by atoms with E-state index in [-0.39, 0.29) is 11.3 Å². The quantitative estimate of drug-likeness (QED) is 0.542. The zero-order chi connectivity index (χ0) is 18.7. The van der Waals surface area contributed by atoms with E-state index in [0.717, 1.165) is 11.3 Å². The minimum atomic E-state index is -0.702. The zero-order valence-electron chi connectivity index (χ0n) is 14.1. The van der Waals surface area contributed by atoms with E-state index in [2.05, 4.69) is 5.10 Å². The Morgan fingerprint density at radius 3 is 2.65 bits per heavy atom. The Balaban J connectivity index is 1.84. The molecule has 132 valence electrons. The lowest BCUT2D eigenvalue weighted by Crippen LogP contribution is -2.18. The van der Waals surface area contributed by atoms with Crippen LogP contribution in [0, 0.1) is 10.1 Å². The summed E-state index contributed by atoms with van der Waals surface area (Å²) >= 11 is 0. The van der Waals surface area contributed by atoms with Crippen molar-refractivity contribution in [1.29, 1.82) is 0 Å². The Hall–Kier alpha value is -3.68. The van der Waals surface area contributed by atoms with Gasteiger partial charge in [-0.2, -0.15) is 5.10 Å². The van der Waals surface area contributed by atoms with Crippen LogP contribution in [0.2, 0.25) is 0 Å². The predicted molar refractivity (Wildman–Crippen MR) is 97.3 cm³/mol. The zero-order valence-corrected chi connectivity index (χ0v) is 14.1. The van der Waals surface area contributed by atoms with Gasteiger partial charge in [0, 0.05) is 37.0 Å². The van der Waals surface area contributed by atoms with Gasteiger partial charge >= 0.3 is 0 Å². The molecule has 1 aromatic heterocycles. The second kappa shape index (κ2) is 7.06. The van der Waals surface area contributed by atoms with Crippen molar-refractivity contribution in [2.45, 2.75) is 6.54 Å². The fraction of sp³-hybridized carbons (Fsp3) is 0.111. The fourth-order valence-electron chi connectivity index (χ4n) is 2.67. The summed E-state index contributed by atoms with van der Waals surface area (Å²) in [6.45, 7) is 0.420. The molecule has 0 saturated heterocycles. The molecule has 26 heavy (non-hydrogen) atoms. The number of nitrogens with zero attached hydrogens (tertiary/aromatic N) is 4. The van der Waals surface area contributed by atoms with Crippen LogP contribution in [0.15, 0.2) is 60.9 Å². The molecular formula is C18H17N5O3. The van der Waals surface area contributed by atoms with E-state index in [1.165, 1.54) is 18.2 Å². The van der Waals surface area contributed by atoms with Crippen LogP contribution in [0.1, 0.15) is 15.9 Å². The summed E-state index contributed by atoms with van der Waals surface area (Å²) in [6.07, 6.45) is 3.59. The Morgan fingerprint density at radius 1 is 1.27 bits per heavy atom. The average Bonchev–Trinajstić information content (AvgIpc) is 3.10. The minimum absolute atomic E-state index is 0.103. The maximum absolute atomic E-state index is 11.4. The van der Waals surface area contributed by atoms with Crippen LogP contribution in [0.4, 0.5) is 11.4 Å². The van der Waals surface area contributed by atoms with Gasteiger partial charge in [0.2, 0.25) is 5.91 Å². The number of hydrogen-bond donors (Lipinski definition) is 1. The third kappa shape index (κ3) is 3.54. The maximum atomic E-state index is 11.4. The highest BCUT2D eigenvalue weighted by atomic mass is 16.6. The van der Waals surface area contributed by atoms with E-state index in [9.17, 15) is 14.9 Å². The summed E-state index contributed by atoms with van der Waals surface area (Å²) in [4.78, 5) is 23.8. The molecule has 0 aliphatic carbocycles. The number of nitrogens with two attached hydrogens (primary N) is 1. The molecule has 2 N–H and O–H groups in total. The van der Waals surface area contributed by atoms with Gasteiger partial charge in [-0.1, -0.05) is 18.2 Å². The summed E-state index contributed by atoms with van der Waals surface area (Å²) in [5.41, 5.74) is 7.36. The molecule has 0 unspecified atom stereocenters. The summed E-state index contributed by atoms with van der Waals surface area (Å²) in [7, 11) is 1.74. The van der Waals surface area contributed by atoms with Gasteiger partial charge in [-0.3, -0.25) is 14.9 Å². The molecule has 3 rings (SSSR count). The summed E-state index contributed by atoms with van der Waals surface area (Å²) < 4.78 is 1.74. The van der Waals surface area contributed by atoms with E-state index in [1.54, 1.807) is 22.8 Å². The number of hydrogen-bond acceptors (Lipinski definition) is 5. The number of nitro groups is 1. The Morgan fingerprint density at radius 2 is 2.00 bits per heavy atom. The predicted octanol–water partition coefficient (Wildman–Crippen LogP) is 2.52. The summed E-state index contributed by atoms with van der Waals surface area (Å²) in [5, 5.41) is 15.7. The molecule has 0 radical (unpaired) electrons. The first-order valence-electron chi connectivity index (χ1n) is 7.84. The molecule has 0 bridgehead atoms. The Labute approximate surface area is 149 Å². The Bertz CT molecular complexity index is 952. The number of para-hydroxylation sites is 1. The number of anilines is 1. The number of aromatic nitrogens is 2. The van der Waals surface area contributed by atoms with Crippen molar-refractivity contribution in [2.75, 3.05) is 11.9 Å². The van der Waals surface area contributed by atoms with Gasteiger partial charge in [0.15, 0.2) is 0 Å². The summed E-state index contributed by atoms with van der Waals surface area (Å²) in [6, 6.07) is 13.9. The normalized spacial score (nSPS) is 10.5. The Kier molecular flexibility index (Phi) is 4.66. The van der Waals surface area contributed by atoms with Crippen LogP contribution in [0.5, 0.6) is 0 Å². The van der Waals surface area contributed by atoms with Crippen LogP contribution in [0.3, 0.4) is 0 Å². The lowest BCUT2D eigenvalue weighted by atomic mass is 10.1. The maximum Gasteiger partial charge on any atom is 0.293 e. The monoisotopic (exact) mass is 351 g/mol. The van der Waals surface area contributed by atoms with E-state index >= 15 is 0 Å². The SMILES string of the molecule is CN(Cc1cnn(-c2ccccc2)c1)c1ccc(C(N)=O)cc1[N+](=O)[O-]. The molecule has 3 aromatic rings. The molecule has 0 spiro atoms. The van der Waals surface area contributed by atoms with E-state index in [0.29, 0.717) is 12.2 Å². The first-order valence-corrected chi connectivity index (χ1v) is 7.84. The lowest BCUT2D eigenvalue weighted by Gasteiger charge is -2.18. The van der Waals surface area contributed by atoms with Crippen molar-refractivity contribution in [1.82, 2.24) is 9.78 Å². The molecule has 0 aliphatic heterocycles. The standard InChI is InChI=1S/C18H17N5O3/c1-21(16-8-7-14(18(19)24)9-17(16)23(25)26)11-13-10-20-22(12-13)15-5-3-2-4-6-15/h2-10,12H,11H2,1H3,(H2,19,24). The minimum Gasteiger partial charge on any atom is -0.366 e. The van der Waals surface area contributed by atoms with Crippen LogP contribution in [-0.2, 0) is 6.54 Å². The van der Waals surface area contributed by atoms with Crippen molar-refractivity contribution in [3.63, 3.8) is 0 Å². The first kappa shape index (κ1) is 17.2. The van der Waals surface area contributed by atoms with Crippen molar-refractivity contribution in [3.05, 3.63) is 82.2 Å². The molecule has 2 aromatic carbocycles. The van der Waals surface area contributed by atoms with Gasteiger partial charge in [0.05, 0.1) is 16.8 Å². The van der Waals surface area contributed by atoms with Gasteiger partial charge in [0.1, 0.15) is 5.69 Å². The van der Waals surface area contributed by atoms with Gasteiger partial charge in [-0.25, -0.2) is 4.68 Å². The molecule has 1 amide bonds. The van der Waals surface area contributed by atoms with Crippen LogP contribution >= 0.6 is 0 Å². The number of carbonyl (C=O) groups excluding carboxylic acids is 1. The fourth-order valence-corrected chi connectivity index (χ4v) is 2.67. The average molecular weight is 351 g/mol. The highest BCUT2D eigenvalue weighted by Gasteiger charge is 2.20. The van der Waals surface area contributed by atoms with Crippen LogP contribution < -0.4 is 10.6 Å². The van der Waals surface area contributed by atoms with Gasteiger partial charge in [-0.05, 0) is 24.3 Å². The van der Waals surface area contributed by atoms with Crippen molar-refractivity contribution >= 4 is 17.3 Å². The van der Waals surface area contributed by atoms with E-state index in [1.807, 2.05) is 36.5 Å². The lowest BCUT2D eigenvalue weighted by molar-refractivity contribution is -0.384. The molecule has 1 heterocycles. The highest BCUT2D eigenvalue weighted by molar-refractivity contribution is 5.94. The van der Waals surface area contributed by atoms with E-state index in [4.69, 9.17) is 5.73 Å². The number of primary amides is 1. The van der Waals surface area contributed by atoms with Crippen molar-refractivity contribution < 1.29 is 9.72 Å². The number of carbonyl (C=O) groups is 1. The molecule has 0 aliphatic rings. The van der Waals surface area contributed by atoms with E-state index < -0.39 is 10.8 Å². The molecule has 8 heteroatoms. The largest absolute Gasteiger partial charge is 0.366 e. The van der Waals surface area contributed by atoms with Crippen molar-refractivity contribution in [3.8, 4) is 5.69 Å². The molecule has 0 atom stereocenters. The van der Waals surface area contributed by atoms with Gasteiger partial charge < -0.3 is 10.6 Å².